The molecule has 0 saturated carbocycles. The van der Waals surface area contributed by atoms with Crippen molar-refractivity contribution >= 4 is 5.97 Å². The number of aliphatic hydroxyl groups is 1. The molecule has 0 saturated heterocycles. The second-order valence-electron chi connectivity index (χ2n) is 13.7. The van der Waals surface area contributed by atoms with Gasteiger partial charge in [-0.15, -0.1) is 0 Å². The predicted molar refractivity (Wildman–Crippen MR) is 191 cm³/mol. The minimum absolute atomic E-state index is 0.164. The van der Waals surface area contributed by atoms with Crippen molar-refractivity contribution in [2.24, 2.45) is 0 Å². The van der Waals surface area contributed by atoms with E-state index < -0.39 is 6.10 Å². The first-order chi connectivity index (χ1) is 21.7. The smallest absolute Gasteiger partial charge is 0.306 e. The molecule has 0 aliphatic carbocycles. The van der Waals surface area contributed by atoms with E-state index in [1.54, 1.807) is 0 Å². The van der Waals surface area contributed by atoms with Crippen LogP contribution in [-0.2, 0) is 14.3 Å². The van der Waals surface area contributed by atoms with Crippen LogP contribution >= 0.6 is 0 Å². The highest BCUT2D eigenvalue weighted by atomic mass is 16.6. The molecule has 0 bridgehead atoms. The fourth-order valence-corrected chi connectivity index (χ4v) is 6.15. The highest BCUT2D eigenvalue weighted by Gasteiger charge is 2.13. The molecule has 4 heteroatoms. The van der Waals surface area contributed by atoms with Crippen molar-refractivity contribution in [2.45, 2.75) is 232 Å². The Balaban J connectivity index is 3.30. The van der Waals surface area contributed by atoms with E-state index in [1.165, 1.54) is 186 Å². The molecule has 1 atom stereocenters. The third-order valence-electron chi connectivity index (χ3n) is 9.18. The molecule has 0 radical (unpaired) electrons. The molecule has 0 aromatic heterocycles. The molecule has 0 aromatic carbocycles. The summed E-state index contributed by atoms with van der Waals surface area (Å²) in [4.78, 5) is 12.1. The summed E-state index contributed by atoms with van der Waals surface area (Å²) >= 11 is 0. The van der Waals surface area contributed by atoms with Crippen LogP contribution in [0.1, 0.15) is 226 Å². The van der Waals surface area contributed by atoms with Gasteiger partial charge in [0.05, 0.1) is 13.2 Å². The van der Waals surface area contributed by atoms with Crippen LogP contribution < -0.4 is 0 Å². The van der Waals surface area contributed by atoms with Gasteiger partial charge in [-0.1, -0.05) is 206 Å². The van der Waals surface area contributed by atoms with Crippen LogP contribution in [0.5, 0.6) is 0 Å². The number of unbranched alkanes of at least 4 members (excludes halogenated alkanes) is 30. The number of esters is 1. The Morgan fingerprint density at radius 2 is 0.750 bits per heavy atom. The van der Waals surface area contributed by atoms with Crippen LogP contribution in [0.3, 0.4) is 0 Å². The zero-order valence-corrected chi connectivity index (χ0v) is 30.2. The van der Waals surface area contributed by atoms with E-state index >= 15 is 0 Å². The van der Waals surface area contributed by atoms with Crippen LogP contribution in [-0.4, -0.2) is 37.0 Å². The van der Waals surface area contributed by atoms with Crippen LogP contribution in [0.2, 0.25) is 0 Å². The largest absolute Gasteiger partial charge is 0.457 e. The Morgan fingerprint density at radius 1 is 0.455 bits per heavy atom. The van der Waals surface area contributed by atoms with Crippen molar-refractivity contribution in [3.05, 3.63) is 0 Å². The molecule has 264 valence electrons. The van der Waals surface area contributed by atoms with E-state index in [9.17, 15) is 9.90 Å². The number of aliphatic hydroxyl groups excluding tert-OH is 1. The van der Waals surface area contributed by atoms with Gasteiger partial charge < -0.3 is 14.6 Å². The number of hydrogen-bond acceptors (Lipinski definition) is 4. The van der Waals surface area contributed by atoms with E-state index in [2.05, 4.69) is 13.8 Å². The van der Waals surface area contributed by atoms with Crippen LogP contribution in [0.15, 0.2) is 0 Å². The molecular weight excluding hydrogens is 544 g/mol. The summed E-state index contributed by atoms with van der Waals surface area (Å²) in [6, 6.07) is 0. The summed E-state index contributed by atoms with van der Waals surface area (Å²) in [6.45, 7) is 5.37. The van der Waals surface area contributed by atoms with E-state index in [-0.39, 0.29) is 12.6 Å². The molecule has 0 heterocycles. The molecule has 0 aliphatic heterocycles. The summed E-state index contributed by atoms with van der Waals surface area (Å²) in [7, 11) is 0. The summed E-state index contributed by atoms with van der Waals surface area (Å²) < 4.78 is 11.1. The average Bonchev–Trinajstić information content (AvgIpc) is 3.03. The number of rotatable bonds is 38. The van der Waals surface area contributed by atoms with Crippen molar-refractivity contribution in [3.63, 3.8) is 0 Å². The Hall–Kier alpha value is -0.610. The zero-order chi connectivity index (χ0) is 32.0. The van der Waals surface area contributed by atoms with Gasteiger partial charge in [-0.05, 0) is 12.8 Å². The summed E-state index contributed by atoms with van der Waals surface area (Å²) in [5.41, 5.74) is 0. The van der Waals surface area contributed by atoms with Gasteiger partial charge in [0.2, 0.25) is 0 Å². The summed E-state index contributed by atoms with van der Waals surface area (Å²) in [6.07, 6.45) is 43.1. The van der Waals surface area contributed by atoms with Crippen LogP contribution in [0.4, 0.5) is 0 Å². The van der Waals surface area contributed by atoms with Gasteiger partial charge in [-0.3, -0.25) is 4.79 Å². The van der Waals surface area contributed by atoms with Crippen molar-refractivity contribution in [3.8, 4) is 0 Å². The highest BCUT2D eigenvalue weighted by Crippen LogP contribution is 2.16. The fourth-order valence-electron chi connectivity index (χ4n) is 6.15. The standard InChI is InChI=1S/C40H80O4/c1-3-5-7-9-11-13-14-15-16-17-18-19-20-21-22-23-24-25-26-27-28-29-31-33-35-40(42)44-39(37-41)38-43-36-34-32-30-12-10-8-6-4-2/h39,41H,3-38H2,1-2H3. The first-order valence-corrected chi connectivity index (χ1v) is 20.1. The third kappa shape index (κ3) is 35.9. The molecule has 0 fully saturated rings. The van der Waals surface area contributed by atoms with Gasteiger partial charge in [-0.2, -0.15) is 0 Å². The predicted octanol–water partition coefficient (Wildman–Crippen LogP) is 12.8. The Labute approximate surface area is 276 Å². The summed E-state index contributed by atoms with van der Waals surface area (Å²) in [5, 5.41) is 9.52. The zero-order valence-electron chi connectivity index (χ0n) is 30.2. The average molecular weight is 625 g/mol. The molecule has 0 spiro atoms. The Morgan fingerprint density at radius 3 is 1.07 bits per heavy atom. The number of ether oxygens (including phenoxy) is 2. The van der Waals surface area contributed by atoms with Crippen molar-refractivity contribution in [2.75, 3.05) is 19.8 Å². The van der Waals surface area contributed by atoms with Gasteiger partial charge in [0, 0.05) is 13.0 Å². The minimum atomic E-state index is -0.522. The lowest BCUT2D eigenvalue weighted by atomic mass is 10.0. The Kier molecular flexibility index (Phi) is 38.0. The van der Waals surface area contributed by atoms with Gasteiger partial charge in [0.15, 0.2) is 0 Å². The summed E-state index contributed by atoms with van der Waals surface area (Å²) in [5.74, 6) is -0.196. The SMILES string of the molecule is CCCCCCCCCCCCCCCCCCCCCCCCCCC(=O)OC(CO)COCCCCCCCCCC. The molecule has 4 nitrogen and oxygen atoms in total. The second-order valence-corrected chi connectivity index (χ2v) is 13.7. The monoisotopic (exact) mass is 625 g/mol. The van der Waals surface area contributed by atoms with Crippen molar-refractivity contribution in [1.82, 2.24) is 0 Å². The maximum atomic E-state index is 12.1. The molecule has 0 rings (SSSR count). The van der Waals surface area contributed by atoms with Crippen LogP contribution in [0, 0.1) is 0 Å². The van der Waals surface area contributed by atoms with E-state index in [1.807, 2.05) is 0 Å². The normalized spacial score (nSPS) is 12.2. The van der Waals surface area contributed by atoms with Crippen molar-refractivity contribution < 1.29 is 19.4 Å². The lowest BCUT2D eigenvalue weighted by molar-refractivity contribution is -0.154. The third-order valence-corrected chi connectivity index (χ3v) is 9.18. The molecule has 1 N–H and O–H groups in total. The minimum Gasteiger partial charge on any atom is -0.457 e. The Bertz CT molecular complexity index is 537. The van der Waals surface area contributed by atoms with Gasteiger partial charge in [0.1, 0.15) is 6.10 Å². The molecule has 0 aromatic rings. The number of carbonyl (C=O) groups excluding carboxylic acids is 1. The second kappa shape index (κ2) is 38.6. The van der Waals surface area contributed by atoms with E-state index in [0.29, 0.717) is 19.6 Å². The molecule has 44 heavy (non-hydrogen) atoms. The van der Waals surface area contributed by atoms with E-state index in [4.69, 9.17) is 9.47 Å². The van der Waals surface area contributed by atoms with Gasteiger partial charge in [0.25, 0.3) is 0 Å². The number of carbonyl (C=O) groups is 1. The molecular formula is C40H80O4. The number of hydrogen-bond donors (Lipinski definition) is 1. The quantitative estimate of drug-likeness (QED) is 0.0548. The highest BCUT2D eigenvalue weighted by molar-refractivity contribution is 5.69. The first-order valence-electron chi connectivity index (χ1n) is 20.1. The lowest BCUT2D eigenvalue weighted by Gasteiger charge is -2.16. The first kappa shape index (κ1) is 43.4. The van der Waals surface area contributed by atoms with E-state index in [0.717, 1.165) is 19.3 Å². The maximum absolute atomic E-state index is 12.1. The topological polar surface area (TPSA) is 55.8 Å². The molecule has 0 aliphatic rings. The maximum Gasteiger partial charge on any atom is 0.306 e. The van der Waals surface area contributed by atoms with Crippen molar-refractivity contribution in [1.29, 1.82) is 0 Å². The fraction of sp³-hybridized carbons (Fsp3) is 0.975. The van der Waals surface area contributed by atoms with Crippen LogP contribution in [0.25, 0.3) is 0 Å². The van der Waals surface area contributed by atoms with Gasteiger partial charge >= 0.3 is 5.97 Å². The molecule has 1 unspecified atom stereocenters. The molecule has 0 amide bonds. The van der Waals surface area contributed by atoms with Gasteiger partial charge in [-0.25, -0.2) is 0 Å². The lowest BCUT2D eigenvalue weighted by Crippen LogP contribution is -2.27.